The van der Waals surface area contributed by atoms with Crippen molar-refractivity contribution in [3.63, 3.8) is 0 Å². The zero-order valence-electron chi connectivity index (χ0n) is 7.05. The van der Waals surface area contributed by atoms with Crippen LogP contribution in [0.2, 0.25) is 0 Å². The van der Waals surface area contributed by atoms with Crippen molar-refractivity contribution in [2.24, 2.45) is 5.41 Å². The van der Waals surface area contributed by atoms with E-state index in [1.54, 1.807) is 0 Å². The van der Waals surface area contributed by atoms with Crippen LogP contribution in [0.4, 0.5) is 0 Å². The summed E-state index contributed by atoms with van der Waals surface area (Å²) in [6.45, 7) is 3.86. The Morgan fingerprint density at radius 1 is 1.55 bits per heavy atom. The molecule has 2 heteroatoms. The molecule has 0 aliphatic heterocycles. The van der Waals surface area contributed by atoms with Gasteiger partial charge in [-0.2, -0.15) is 0 Å². The van der Waals surface area contributed by atoms with Crippen LogP contribution in [-0.2, 0) is 4.79 Å². The van der Waals surface area contributed by atoms with Gasteiger partial charge in [-0.1, -0.05) is 13.8 Å². The van der Waals surface area contributed by atoms with Gasteiger partial charge < -0.3 is 5.11 Å². The van der Waals surface area contributed by atoms with E-state index in [2.05, 4.69) is 0 Å². The monoisotopic (exact) mass is 154 g/mol. The molecule has 11 heavy (non-hydrogen) atoms. The molecule has 1 rings (SSSR count). The first-order valence-corrected chi connectivity index (χ1v) is 3.96. The molecule has 0 amide bonds. The lowest BCUT2D eigenvalue weighted by Gasteiger charge is -2.28. The third-order valence-corrected chi connectivity index (χ3v) is 2.31. The summed E-state index contributed by atoms with van der Waals surface area (Å²) in [7, 11) is 0. The van der Waals surface area contributed by atoms with E-state index in [0.29, 0.717) is 5.57 Å². The fourth-order valence-corrected chi connectivity index (χ4v) is 1.51. The fraction of sp³-hybridized carbons (Fsp3) is 0.667. The highest BCUT2D eigenvalue weighted by atomic mass is 16.2. The first kappa shape index (κ1) is 8.31. The first-order chi connectivity index (χ1) is 5.08. The van der Waals surface area contributed by atoms with Gasteiger partial charge in [-0.15, -0.1) is 0 Å². The van der Waals surface area contributed by atoms with Crippen LogP contribution in [0.1, 0.15) is 33.1 Å². The molecule has 1 saturated carbocycles. The van der Waals surface area contributed by atoms with E-state index in [-0.39, 0.29) is 11.2 Å². The summed E-state index contributed by atoms with van der Waals surface area (Å²) in [5.74, 6) is 0.103. The quantitative estimate of drug-likeness (QED) is 0.429. The van der Waals surface area contributed by atoms with Crippen LogP contribution in [-0.4, -0.2) is 10.9 Å². The molecule has 0 spiro atoms. The zero-order chi connectivity index (χ0) is 8.48. The number of carbonyl (C=O) groups excluding carboxylic acids is 1. The predicted octanol–water partition coefficient (Wildman–Crippen LogP) is 2.21. The number of rotatable bonds is 0. The Balaban J connectivity index is 2.85. The summed E-state index contributed by atoms with van der Waals surface area (Å²) < 4.78 is 0. The highest BCUT2D eigenvalue weighted by Gasteiger charge is 2.33. The fourth-order valence-electron chi connectivity index (χ4n) is 1.51. The standard InChI is InChI=1S/C9H14O2/c1-9(2)5-3-4-7(6-10)8(9)11/h6,10H,3-5H2,1-2H3. The lowest BCUT2D eigenvalue weighted by atomic mass is 9.74. The number of allylic oxidation sites excluding steroid dienone is 1. The van der Waals surface area contributed by atoms with E-state index in [1.165, 1.54) is 0 Å². The van der Waals surface area contributed by atoms with Gasteiger partial charge in [0.2, 0.25) is 0 Å². The molecule has 1 aliphatic rings. The van der Waals surface area contributed by atoms with Gasteiger partial charge in [0, 0.05) is 11.0 Å². The molecule has 0 aromatic rings. The number of aliphatic hydroxyl groups is 1. The molecule has 1 fully saturated rings. The average molecular weight is 154 g/mol. The lowest BCUT2D eigenvalue weighted by molar-refractivity contribution is -0.125. The van der Waals surface area contributed by atoms with Crippen molar-refractivity contribution >= 4 is 5.78 Å². The van der Waals surface area contributed by atoms with Gasteiger partial charge in [0.1, 0.15) is 0 Å². The molecule has 0 atom stereocenters. The van der Waals surface area contributed by atoms with Gasteiger partial charge >= 0.3 is 0 Å². The number of hydrogen-bond acceptors (Lipinski definition) is 2. The normalized spacial score (nSPS) is 27.5. The topological polar surface area (TPSA) is 37.3 Å². The molecule has 0 saturated heterocycles. The molecule has 0 aromatic carbocycles. The van der Waals surface area contributed by atoms with Gasteiger partial charge in [0.25, 0.3) is 0 Å². The third kappa shape index (κ3) is 1.44. The first-order valence-electron chi connectivity index (χ1n) is 3.96. The number of carbonyl (C=O) groups is 1. The SMILES string of the molecule is CC1(C)CCCC(=CO)C1=O. The number of aliphatic hydroxyl groups excluding tert-OH is 1. The Morgan fingerprint density at radius 3 is 2.64 bits per heavy atom. The predicted molar refractivity (Wildman–Crippen MR) is 43.4 cm³/mol. The molecule has 62 valence electrons. The van der Waals surface area contributed by atoms with Crippen LogP contribution in [0.3, 0.4) is 0 Å². The second kappa shape index (κ2) is 2.68. The van der Waals surface area contributed by atoms with E-state index in [0.717, 1.165) is 25.5 Å². The molecule has 0 heterocycles. The summed E-state index contributed by atoms with van der Waals surface area (Å²) in [6, 6.07) is 0. The van der Waals surface area contributed by atoms with Crippen LogP contribution < -0.4 is 0 Å². The molecule has 1 N–H and O–H groups in total. The Kier molecular flexibility index (Phi) is 2.03. The second-order valence-corrected chi connectivity index (χ2v) is 3.72. The van der Waals surface area contributed by atoms with E-state index >= 15 is 0 Å². The van der Waals surface area contributed by atoms with Crippen molar-refractivity contribution in [1.82, 2.24) is 0 Å². The minimum absolute atomic E-state index is 0.103. The third-order valence-electron chi connectivity index (χ3n) is 2.31. The van der Waals surface area contributed by atoms with Crippen molar-refractivity contribution in [1.29, 1.82) is 0 Å². The minimum Gasteiger partial charge on any atom is -0.515 e. The van der Waals surface area contributed by atoms with Gasteiger partial charge in [0.15, 0.2) is 5.78 Å². The van der Waals surface area contributed by atoms with Crippen molar-refractivity contribution in [2.75, 3.05) is 0 Å². The van der Waals surface area contributed by atoms with E-state index in [1.807, 2.05) is 13.8 Å². The van der Waals surface area contributed by atoms with Crippen molar-refractivity contribution < 1.29 is 9.90 Å². The van der Waals surface area contributed by atoms with Gasteiger partial charge in [-0.25, -0.2) is 0 Å². The average Bonchev–Trinajstić information content (AvgIpc) is 1.95. The second-order valence-electron chi connectivity index (χ2n) is 3.72. The summed E-state index contributed by atoms with van der Waals surface area (Å²) in [4.78, 5) is 11.4. The summed E-state index contributed by atoms with van der Waals surface area (Å²) in [5, 5.41) is 8.71. The Morgan fingerprint density at radius 2 is 2.18 bits per heavy atom. The molecule has 0 aromatic heterocycles. The minimum atomic E-state index is -0.257. The largest absolute Gasteiger partial charge is 0.515 e. The van der Waals surface area contributed by atoms with Gasteiger partial charge in [0.05, 0.1) is 6.26 Å². The van der Waals surface area contributed by atoms with Crippen molar-refractivity contribution in [2.45, 2.75) is 33.1 Å². The van der Waals surface area contributed by atoms with Crippen molar-refractivity contribution in [3.8, 4) is 0 Å². The highest BCUT2D eigenvalue weighted by Crippen LogP contribution is 2.34. The number of Topliss-reactive ketones (excluding diaryl/α,β-unsaturated/α-hetero) is 1. The summed E-state index contributed by atoms with van der Waals surface area (Å²) in [6.07, 6.45) is 3.64. The van der Waals surface area contributed by atoms with Crippen LogP contribution in [0.25, 0.3) is 0 Å². The Hall–Kier alpha value is -0.790. The molecule has 2 nitrogen and oxygen atoms in total. The molecule has 0 bridgehead atoms. The highest BCUT2D eigenvalue weighted by molar-refractivity contribution is 5.99. The molecule has 1 aliphatic carbocycles. The number of ketones is 1. The van der Waals surface area contributed by atoms with Crippen LogP contribution >= 0.6 is 0 Å². The molecular weight excluding hydrogens is 140 g/mol. The molecule has 0 unspecified atom stereocenters. The maximum absolute atomic E-state index is 11.4. The lowest BCUT2D eigenvalue weighted by Crippen LogP contribution is -2.29. The van der Waals surface area contributed by atoms with Gasteiger partial charge in [-0.05, 0) is 19.3 Å². The Bertz CT molecular complexity index is 202. The van der Waals surface area contributed by atoms with Gasteiger partial charge in [-0.3, -0.25) is 4.79 Å². The number of hydrogen-bond donors (Lipinski definition) is 1. The smallest absolute Gasteiger partial charge is 0.167 e. The summed E-state index contributed by atoms with van der Waals surface area (Å²) >= 11 is 0. The van der Waals surface area contributed by atoms with Crippen LogP contribution in [0, 0.1) is 5.41 Å². The maximum Gasteiger partial charge on any atom is 0.167 e. The van der Waals surface area contributed by atoms with Crippen molar-refractivity contribution in [3.05, 3.63) is 11.8 Å². The molecule has 0 radical (unpaired) electrons. The van der Waals surface area contributed by atoms with Crippen LogP contribution in [0.5, 0.6) is 0 Å². The van der Waals surface area contributed by atoms with E-state index < -0.39 is 0 Å². The Labute approximate surface area is 66.9 Å². The summed E-state index contributed by atoms with van der Waals surface area (Å²) in [5.41, 5.74) is 0.327. The van der Waals surface area contributed by atoms with Crippen LogP contribution in [0.15, 0.2) is 11.8 Å². The molecular formula is C9H14O2. The zero-order valence-corrected chi connectivity index (χ0v) is 7.05. The van der Waals surface area contributed by atoms with E-state index in [9.17, 15) is 4.79 Å². The van der Waals surface area contributed by atoms with E-state index in [4.69, 9.17) is 5.11 Å². The maximum atomic E-state index is 11.4.